The van der Waals surface area contributed by atoms with Crippen molar-refractivity contribution in [1.82, 2.24) is 9.97 Å². The van der Waals surface area contributed by atoms with Crippen LogP contribution in [0.25, 0.3) is 0 Å². The summed E-state index contributed by atoms with van der Waals surface area (Å²) in [7, 11) is 0. The van der Waals surface area contributed by atoms with Crippen LogP contribution in [0.2, 0.25) is 5.02 Å². The summed E-state index contributed by atoms with van der Waals surface area (Å²) in [5.41, 5.74) is 3.07. The summed E-state index contributed by atoms with van der Waals surface area (Å²) in [6, 6.07) is 15.1. The van der Waals surface area contributed by atoms with Gasteiger partial charge in [-0.3, -0.25) is 4.79 Å². The van der Waals surface area contributed by atoms with E-state index in [1.54, 1.807) is 30.5 Å². The summed E-state index contributed by atoms with van der Waals surface area (Å²) in [5, 5.41) is 3.32. The van der Waals surface area contributed by atoms with Crippen LogP contribution in [-0.2, 0) is 0 Å². The average Bonchev–Trinajstić information content (AvgIpc) is 2.63. The Labute approximate surface area is 157 Å². The molecule has 132 valence electrons. The molecule has 5 nitrogen and oxygen atoms in total. The van der Waals surface area contributed by atoms with Gasteiger partial charge >= 0.3 is 0 Å². The van der Waals surface area contributed by atoms with E-state index in [4.69, 9.17) is 11.6 Å². The number of hydrogen-bond donors (Lipinski definition) is 1. The van der Waals surface area contributed by atoms with E-state index in [1.165, 1.54) is 11.8 Å². The molecule has 0 saturated heterocycles. The van der Waals surface area contributed by atoms with E-state index in [2.05, 4.69) is 21.4 Å². The lowest BCUT2D eigenvalue weighted by atomic mass is 10.2. The Balaban J connectivity index is 1.77. The van der Waals surface area contributed by atoms with Crippen LogP contribution in [0.5, 0.6) is 0 Å². The van der Waals surface area contributed by atoms with Gasteiger partial charge < -0.3 is 10.2 Å². The third-order valence-electron chi connectivity index (χ3n) is 3.86. The summed E-state index contributed by atoms with van der Waals surface area (Å²) in [6.45, 7) is 4.84. The number of hydrogen-bond acceptors (Lipinski definition) is 4. The Morgan fingerprint density at radius 3 is 2.58 bits per heavy atom. The summed E-state index contributed by atoms with van der Waals surface area (Å²) in [5.74, 6) is 0.363. The molecule has 0 aliphatic rings. The van der Waals surface area contributed by atoms with E-state index in [9.17, 15) is 4.79 Å². The van der Waals surface area contributed by atoms with Crippen molar-refractivity contribution in [3.8, 4) is 0 Å². The van der Waals surface area contributed by atoms with Crippen LogP contribution < -0.4 is 10.2 Å². The van der Waals surface area contributed by atoms with E-state index in [1.807, 2.05) is 36.9 Å². The normalized spacial score (nSPS) is 10.4. The minimum absolute atomic E-state index is 0.244. The fraction of sp³-hybridized carbons (Fsp3) is 0.150. The SMILES string of the molecule is CCN(c1cccc(C)c1)c1cnc(C(=O)Nc2cccc(Cl)c2)cn1. The van der Waals surface area contributed by atoms with Crippen molar-refractivity contribution in [2.45, 2.75) is 13.8 Å². The van der Waals surface area contributed by atoms with Gasteiger partial charge in [0.2, 0.25) is 0 Å². The van der Waals surface area contributed by atoms with Crippen molar-refractivity contribution in [2.75, 3.05) is 16.8 Å². The van der Waals surface area contributed by atoms with Crippen molar-refractivity contribution >= 4 is 34.7 Å². The molecule has 0 saturated carbocycles. The fourth-order valence-corrected chi connectivity index (χ4v) is 2.80. The number of carbonyl (C=O) groups is 1. The molecule has 2 aromatic carbocycles. The summed E-state index contributed by atoms with van der Waals surface area (Å²) in [6.07, 6.45) is 3.09. The quantitative estimate of drug-likeness (QED) is 0.701. The van der Waals surface area contributed by atoms with Gasteiger partial charge in [0.05, 0.1) is 12.4 Å². The van der Waals surface area contributed by atoms with E-state index in [0.717, 1.165) is 12.2 Å². The van der Waals surface area contributed by atoms with Crippen LogP contribution >= 0.6 is 11.6 Å². The molecule has 0 bridgehead atoms. The van der Waals surface area contributed by atoms with Crippen LogP contribution in [0, 0.1) is 6.92 Å². The molecule has 1 N–H and O–H groups in total. The van der Waals surface area contributed by atoms with Gasteiger partial charge in [-0.2, -0.15) is 0 Å². The topological polar surface area (TPSA) is 58.1 Å². The molecule has 26 heavy (non-hydrogen) atoms. The second kappa shape index (κ2) is 7.97. The van der Waals surface area contributed by atoms with E-state index >= 15 is 0 Å². The number of rotatable bonds is 5. The molecule has 6 heteroatoms. The van der Waals surface area contributed by atoms with Gasteiger partial charge in [-0.05, 0) is 49.7 Å². The molecular weight excluding hydrogens is 348 g/mol. The van der Waals surface area contributed by atoms with Gasteiger partial charge in [-0.15, -0.1) is 0 Å². The molecule has 0 unspecified atom stereocenters. The number of nitrogens with one attached hydrogen (secondary N) is 1. The molecule has 1 aromatic heterocycles. The smallest absolute Gasteiger partial charge is 0.275 e. The Morgan fingerprint density at radius 1 is 1.12 bits per heavy atom. The molecular formula is C20H19ClN4O. The monoisotopic (exact) mass is 366 g/mol. The highest BCUT2D eigenvalue weighted by atomic mass is 35.5. The fourth-order valence-electron chi connectivity index (χ4n) is 2.61. The highest BCUT2D eigenvalue weighted by Crippen LogP contribution is 2.23. The zero-order chi connectivity index (χ0) is 18.5. The zero-order valence-electron chi connectivity index (χ0n) is 14.6. The van der Waals surface area contributed by atoms with Crippen LogP contribution in [0.4, 0.5) is 17.2 Å². The number of carbonyl (C=O) groups excluding carboxylic acids is 1. The van der Waals surface area contributed by atoms with Gasteiger partial charge in [0.15, 0.2) is 5.82 Å². The first-order chi connectivity index (χ1) is 12.6. The number of benzene rings is 2. The number of amides is 1. The first-order valence-corrected chi connectivity index (χ1v) is 8.68. The maximum absolute atomic E-state index is 12.3. The van der Waals surface area contributed by atoms with Crippen molar-refractivity contribution in [3.63, 3.8) is 0 Å². The Hall–Kier alpha value is -2.92. The minimum Gasteiger partial charge on any atom is -0.325 e. The molecule has 3 aromatic rings. The van der Waals surface area contributed by atoms with E-state index < -0.39 is 0 Å². The van der Waals surface area contributed by atoms with Gasteiger partial charge in [-0.1, -0.05) is 29.8 Å². The summed E-state index contributed by atoms with van der Waals surface area (Å²) >= 11 is 5.93. The molecule has 0 aliphatic carbocycles. The molecule has 1 heterocycles. The molecule has 0 spiro atoms. The maximum Gasteiger partial charge on any atom is 0.275 e. The van der Waals surface area contributed by atoms with Gasteiger partial charge in [-0.25, -0.2) is 9.97 Å². The second-order valence-corrected chi connectivity index (χ2v) is 6.24. The zero-order valence-corrected chi connectivity index (χ0v) is 15.4. The lowest BCUT2D eigenvalue weighted by Crippen LogP contribution is -2.19. The first-order valence-electron chi connectivity index (χ1n) is 8.30. The summed E-state index contributed by atoms with van der Waals surface area (Å²) < 4.78 is 0. The van der Waals surface area contributed by atoms with Crippen LogP contribution in [0.1, 0.15) is 23.0 Å². The van der Waals surface area contributed by atoms with Gasteiger partial charge in [0.25, 0.3) is 5.91 Å². The first kappa shape index (κ1) is 17.9. The van der Waals surface area contributed by atoms with Crippen LogP contribution in [-0.4, -0.2) is 22.4 Å². The van der Waals surface area contributed by atoms with Crippen molar-refractivity contribution in [1.29, 1.82) is 0 Å². The molecule has 0 aliphatic heterocycles. The van der Waals surface area contributed by atoms with E-state index in [0.29, 0.717) is 16.5 Å². The number of anilines is 3. The number of halogens is 1. The molecule has 0 fully saturated rings. The number of aromatic nitrogens is 2. The Morgan fingerprint density at radius 2 is 1.92 bits per heavy atom. The predicted octanol–water partition coefficient (Wildman–Crippen LogP) is 4.85. The van der Waals surface area contributed by atoms with Crippen LogP contribution in [0.15, 0.2) is 60.9 Å². The maximum atomic E-state index is 12.3. The van der Waals surface area contributed by atoms with Gasteiger partial charge in [0, 0.05) is 22.9 Å². The Kier molecular flexibility index (Phi) is 5.49. The van der Waals surface area contributed by atoms with Gasteiger partial charge in [0.1, 0.15) is 5.69 Å². The summed E-state index contributed by atoms with van der Waals surface area (Å²) in [4.78, 5) is 23.0. The third-order valence-corrected chi connectivity index (χ3v) is 4.09. The largest absolute Gasteiger partial charge is 0.325 e. The van der Waals surface area contributed by atoms with Crippen molar-refractivity contribution in [3.05, 3.63) is 77.2 Å². The van der Waals surface area contributed by atoms with Crippen molar-refractivity contribution in [2.24, 2.45) is 0 Å². The average molecular weight is 367 g/mol. The number of nitrogens with zero attached hydrogens (tertiary/aromatic N) is 3. The molecule has 0 atom stereocenters. The standard InChI is InChI=1S/C20H19ClN4O/c1-3-25(17-9-4-6-14(2)10-17)19-13-22-18(12-23-19)20(26)24-16-8-5-7-15(21)11-16/h4-13H,3H2,1-2H3,(H,24,26). The lowest BCUT2D eigenvalue weighted by Gasteiger charge is -2.22. The highest BCUT2D eigenvalue weighted by Gasteiger charge is 2.13. The van der Waals surface area contributed by atoms with E-state index in [-0.39, 0.29) is 11.6 Å². The second-order valence-electron chi connectivity index (χ2n) is 5.81. The highest BCUT2D eigenvalue weighted by molar-refractivity contribution is 6.30. The predicted molar refractivity (Wildman–Crippen MR) is 105 cm³/mol. The lowest BCUT2D eigenvalue weighted by molar-refractivity contribution is 0.102. The minimum atomic E-state index is -0.329. The number of aryl methyl sites for hydroxylation is 1. The van der Waals surface area contributed by atoms with Crippen molar-refractivity contribution < 1.29 is 4.79 Å². The molecule has 0 radical (unpaired) electrons. The molecule has 3 rings (SSSR count). The molecule has 1 amide bonds. The van der Waals surface area contributed by atoms with Crippen LogP contribution in [0.3, 0.4) is 0 Å². The third kappa shape index (κ3) is 4.18. The Bertz CT molecular complexity index is 912.